The van der Waals surface area contributed by atoms with Gasteiger partial charge in [0.2, 0.25) is 0 Å². The molecule has 1 saturated heterocycles. The van der Waals surface area contributed by atoms with Crippen molar-refractivity contribution in [3.05, 3.63) is 29.7 Å². The highest BCUT2D eigenvalue weighted by Crippen LogP contribution is 2.27. The number of urea groups is 1. The molecule has 0 saturated carbocycles. The molecule has 1 fully saturated rings. The Morgan fingerprint density at radius 1 is 1.29 bits per heavy atom. The van der Waals surface area contributed by atoms with Gasteiger partial charge in [-0.1, -0.05) is 5.16 Å². The number of piperazine rings is 1. The zero-order valence-electron chi connectivity index (χ0n) is 13.1. The first-order valence-electron chi connectivity index (χ1n) is 7.62. The standard InChI is InChI=1S/C15H16N6O2S/c1-10-12(8-23-19-10)18-15(22)21-5-3-20(4-6-21)13-11-2-7-24-14(11)17-9-16-13/h2,7-9H,3-6H2,1H3,(H,18,22). The average Bonchev–Trinajstić information content (AvgIpc) is 3.24. The maximum atomic E-state index is 12.3. The second-order valence-electron chi connectivity index (χ2n) is 5.55. The minimum Gasteiger partial charge on any atom is -0.362 e. The SMILES string of the molecule is Cc1nocc1NC(=O)N1CCN(c2ncnc3sccc23)CC1. The lowest BCUT2D eigenvalue weighted by Crippen LogP contribution is -2.50. The molecular weight excluding hydrogens is 328 g/mol. The number of thiophene rings is 1. The number of nitrogens with one attached hydrogen (secondary N) is 1. The topological polar surface area (TPSA) is 87.4 Å². The molecule has 3 aromatic heterocycles. The van der Waals surface area contributed by atoms with Crippen LogP contribution < -0.4 is 10.2 Å². The van der Waals surface area contributed by atoms with Crippen LogP contribution in [0, 0.1) is 6.92 Å². The van der Waals surface area contributed by atoms with Gasteiger partial charge >= 0.3 is 6.03 Å². The summed E-state index contributed by atoms with van der Waals surface area (Å²) in [6, 6.07) is 1.91. The molecule has 0 radical (unpaired) electrons. The number of fused-ring (bicyclic) bond motifs is 1. The smallest absolute Gasteiger partial charge is 0.322 e. The fourth-order valence-electron chi connectivity index (χ4n) is 2.76. The highest BCUT2D eigenvalue weighted by atomic mass is 32.1. The quantitative estimate of drug-likeness (QED) is 0.768. The van der Waals surface area contributed by atoms with Crippen molar-refractivity contribution >= 4 is 39.1 Å². The summed E-state index contributed by atoms with van der Waals surface area (Å²) >= 11 is 1.61. The van der Waals surface area contributed by atoms with Crippen molar-refractivity contribution in [2.24, 2.45) is 0 Å². The molecule has 0 spiro atoms. The minimum atomic E-state index is -0.135. The Morgan fingerprint density at radius 2 is 2.12 bits per heavy atom. The molecule has 0 unspecified atom stereocenters. The molecule has 1 N–H and O–H groups in total. The molecule has 0 aliphatic carbocycles. The summed E-state index contributed by atoms with van der Waals surface area (Å²) < 4.78 is 4.84. The molecular formula is C15H16N6O2S. The molecule has 4 heterocycles. The molecule has 1 aliphatic heterocycles. The Kier molecular flexibility index (Phi) is 3.77. The summed E-state index contributed by atoms with van der Waals surface area (Å²) in [7, 11) is 0. The molecule has 124 valence electrons. The van der Waals surface area contributed by atoms with Gasteiger partial charge in [-0.05, 0) is 18.4 Å². The van der Waals surface area contributed by atoms with Crippen LogP contribution in [0.15, 0.2) is 28.6 Å². The molecule has 0 aromatic carbocycles. The van der Waals surface area contributed by atoms with Crippen LogP contribution in [0.1, 0.15) is 5.69 Å². The Labute approximate surface area is 142 Å². The van der Waals surface area contributed by atoms with Gasteiger partial charge in [-0.25, -0.2) is 14.8 Å². The van der Waals surface area contributed by atoms with E-state index in [9.17, 15) is 4.79 Å². The van der Waals surface area contributed by atoms with Crippen molar-refractivity contribution in [1.29, 1.82) is 0 Å². The number of nitrogens with zero attached hydrogens (tertiary/aromatic N) is 5. The van der Waals surface area contributed by atoms with Gasteiger partial charge in [0.15, 0.2) is 0 Å². The lowest BCUT2D eigenvalue weighted by atomic mass is 10.3. The third kappa shape index (κ3) is 2.67. The van der Waals surface area contributed by atoms with Gasteiger partial charge in [0.25, 0.3) is 0 Å². The number of carbonyl (C=O) groups is 1. The highest BCUT2D eigenvalue weighted by Gasteiger charge is 2.24. The van der Waals surface area contributed by atoms with Crippen LogP contribution in [-0.2, 0) is 0 Å². The maximum Gasteiger partial charge on any atom is 0.322 e. The van der Waals surface area contributed by atoms with Crippen LogP contribution in [-0.4, -0.2) is 52.2 Å². The van der Waals surface area contributed by atoms with E-state index in [2.05, 4.69) is 25.3 Å². The average molecular weight is 344 g/mol. The van der Waals surface area contributed by atoms with Gasteiger partial charge in [0, 0.05) is 26.2 Å². The first kappa shape index (κ1) is 14.9. The highest BCUT2D eigenvalue weighted by molar-refractivity contribution is 7.16. The number of amides is 2. The van der Waals surface area contributed by atoms with E-state index in [0.29, 0.717) is 24.5 Å². The summed E-state index contributed by atoms with van der Waals surface area (Å²) in [5, 5.41) is 9.68. The van der Waals surface area contributed by atoms with E-state index >= 15 is 0 Å². The zero-order valence-corrected chi connectivity index (χ0v) is 13.9. The second-order valence-corrected chi connectivity index (χ2v) is 6.45. The lowest BCUT2D eigenvalue weighted by molar-refractivity contribution is 0.208. The van der Waals surface area contributed by atoms with Crippen LogP contribution in [0.2, 0.25) is 0 Å². The molecule has 4 rings (SSSR count). The number of carbonyl (C=O) groups excluding carboxylic acids is 1. The van der Waals surface area contributed by atoms with Gasteiger partial charge in [-0.2, -0.15) is 0 Å². The van der Waals surface area contributed by atoms with E-state index < -0.39 is 0 Å². The molecule has 0 bridgehead atoms. The summed E-state index contributed by atoms with van der Waals surface area (Å²) in [5.74, 6) is 0.941. The zero-order chi connectivity index (χ0) is 16.5. The van der Waals surface area contributed by atoms with Gasteiger partial charge in [0.1, 0.15) is 34.6 Å². The van der Waals surface area contributed by atoms with Crippen LogP contribution in [0.3, 0.4) is 0 Å². The molecule has 9 heteroatoms. The number of hydrogen-bond acceptors (Lipinski definition) is 7. The Bertz CT molecular complexity index is 868. The third-order valence-electron chi connectivity index (χ3n) is 4.10. The molecule has 1 aliphatic rings. The normalized spacial score (nSPS) is 15.0. The van der Waals surface area contributed by atoms with Gasteiger partial charge in [-0.3, -0.25) is 0 Å². The number of rotatable bonds is 2. The summed E-state index contributed by atoms with van der Waals surface area (Å²) in [4.78, 5) is 26.0. The van der Waals surface area contributed by atoms with E-state index in [4.69, 9.17) is 4.52 Å². The van der Waals surface area contributed by atoms with E-state index in [-0.39, 0.29) is 6.03 Å². The molecule has 3 aromatic rings. The first-order valence-corrected chi connectivity index (χ1v) is 8.50. The Hall–Kier alpha value is -2.68. The van der Waals surface area contributed by atoms with E-state index in [0.717, 1.165) is 29.1 Å². The fourth-order valence-corrected chi connectivity index (χ4v) is 3.48. The van der Waals surface area contributed by atoms with Crippen LogP contribution >= 0.6 is 11.3 Å². The van der Waals surface area contributed by atoms with Crippen LogP contribution in [0.25, 0.3) is 10.2 Å². The van der Waals surface area contributed by atoms with E-state index in [1.54, 1.807) is 29.5 Å². The number of aryl methyl sites for hydroxylation is 1. The number of aromatic nitrogens is 3. The van der Waals surface area contributed by atoms with Crippen LogP contribution in [0.4, 0.5) is 16.3 Å². The van der Waals surface area contributed by atoms with Crippen molar-refractivity contribution in [3.63, 3.8) is 0 Å². The first-order chi connectivity index (χ1) is 11.7. The predicted molar refractivity (Wildman–Crippen MR) is 91.5 cm³/mol. The number of anilines is 2. The molecule has 0 atom stereocenters. The second kappa shape index (κ2) is 6.08. The Morgan fingerprint density at radius 3 is 2.88 bits per heavy atom. The lowest BCUT2D eigenvalue weighted by Gasteiger charge is -2.35. The van der Waals surface area contributed by atoms with Gasteiger partial charge in [0.05, 0.1) is 5.39 Å². The predicted octanol–water partition coefficient (Wildman–Crippen LogP) is 2.34. The third-order valence-corrected chi connectivity index (χ3v) is 4.92. The van der Waals surface area contributed by atoms with E-state index in [1.165, 1.54) is 6.26 Å². The summed E-state index contributed by atoms with van der Waals surface area (Å²) in [5.41, 5.74) is 1.28. The number of hydrogen-bond donors (Lipinski definition) is 1. The van der Waals surface area contributed by atoms with Crippen molar-refractivity contribution < 1.29 is 9.32 Å². The van der Waals surface area contributed by atoms with Crippen molar-refractivity contribution in [1.82, 2.24) is 20.0 Å². The monoisotopic (exact) mass is 344 g/mol. The molecule has 8 nitrogen and oxygen atoms in total. The van der Waals surface area contributed by atoms with Crippen molar-refractivity contribution in [2.75, 3.05) is 36.4 Å². The maximum absolute atomic E-state index is 12.3. The van der Waals surface area contributed by atoms with E-state index in [1.807, 2.05) is 11.4 Å². The fraction of sp³-hybridized carbons (Fsp3) is 0.333. The Balaban J connectivity index is 1.42. The minimum absolute atomic E-state index is 0.135. The van der Waals surface area contributed by atoms with Gasteiger partial charge in [-0.15, -0.1) is 11.3 Å². The van der Waals surface area contributed by atoms with Crippen LogP contribution in [0.5, 0.6) is 0 Å². The summed E-state index contributed by atoms with van der Waals surface area (Å²) in [6.07, 6.45) is 3.04. The summed E-state index contributed by atoms with van der Waals surface area (Å²) in [6.45, 7) is 4.52. The molecule has 24 heavy (non-hydrogen) atoms. The van der Waals surface area contributed by atoms with Crippen molar-refractivity contribution in [2.45, 2.75) is 6.92 Å². The van der Waals surface area contributed by atoms with Crippen molar-refractivity contribution in [3.8, 4) is 0 Å². The van der Waals surface area contributed by atoms with Gasteiger partial charge < -0.3 is 19.6 Å². The molecule has 2 amide bonds. The largest absolute Gasteiger partial charge is 0.362 e.